The fraction of sp³-hybridized carbons (Fsp3) is 0.389. The zero-order chi connectivity index (χ0) is 18.3. The molecule has 25 heavy (non-hydrogen) atoms. The van der Waals surface area contributed by atoms with Crippen molar-refractivity contribution in [2.75, 3.05) is 0 Å². The number of hydrogen-bond donors (Lipinski definition) is 1. The van der Waals surface area contributed by atoms with Crippen molar-refractivity contribution >= 4 is 27.3 Å². The summed E-state index contributed by atoms with van der Waals surface area (Å²) < 4.78 is 4.01. The normalized spacial score (nSPS) is 11.6. The molecule has 7 heteroatoms. The summed E-state index contributed by atoms with van der Waals surface area (Å²) in [5.74, 6) is -0.318. The van der Waals surface area contributed by atoms with Gasteiger partial charge in [-0.1, -0.05) is 18.3 Å². The van der Waals surface area contributed by atoms with Gasteiger partial charge < -0.3 is 5.10 Å². The predicted molar refractivity (Wildman–Crippen MR) is 100.0 cm³/mol. The van der Waals surface area contributed by atoms with Gasteiger partial charge in [0.25, 0.3) is 5.56 Å². The molecule has 1 aromatic carbocycles. The highest BCUT2D eigenvalue weighted by molar-refractivity contribution is 7.16. The van der Waals surface area contributed by atoms with E-state index in [-0.39, 0.29) is 27.8 Å². The fourth-order valence-corrected chi connectivity index (χ4v) is 4.06. The molecule has 2 heterocycles. The molecule has 3 rings (SSSR count). The summed E-state index contributed by atoms with van der Waals surface area (Å²) >= 11 is 1.18. The van der Waals surface area contributed by atoms with E-state index in [0.29, 0.717) is 12.1 Å². The van der Waals surface area contributed by atoms with Gasteiger partial charge in [0.1, 0.15) is 5.56 Å². The Morgan fingerprint density at radius 2 is 1.96 bits per heavy atom. The number of benzene rings is 1. The van der Waals surface area contributed by atoms with E-state index in [2.05, 4.69) is 5.10 Å². The molecule has 0 spiro atoms. The van der Waals surface area contributed by atoms with Crippen molar-refractivity contribution in [2.45, 2.75) is 46.7 Å². The molecule has 0 unspecified atom stereocenters. The average Bonchev–Trinajstić information content (AvgIpc) is 3.09. The van der Waals surface area contributed by atoms with Gasteiger partial charge in [-0.15, -0.1) is 0 Å². The van der Waals surface area contributed by atoms with E-state index in [4.69, 9.17) is 0 Å². The number of hydrogen-bond acceptors (Lipinski definition) is 4. The summed E-state index contributed by atoms with van der Waals surface area (Å²) in [7, 11) is 0. The van der Waals surface area contributed by atoms with Crippen molar-refractivity contribution in [1.82, 2.24) is 14.3 Å². The average molecular weight is 359 g/mol. The first-order valence-corrected chi connectivity index (χ1v) is 9.16. The maximum atomic E-state index is 12.9. The summed E-state index contributed by atoms with van der Waals surface area (Å²) in [6.07, 6.45) is 2.29. The minimum Gasteiger partial charge on any atom is -0.302 e. The number of ketones is 1. The van der Waals surface area contributed by atoms with Crippen LogP contribution in [0.15, 0.2) is 27.9 Å². The number of fused-ring (bicyclic) bond motifs is 1. The van der Waals surface area contributed by atoms with Crippen molar-refractivity contribution in [2.24, 2.45) is 0 Å². The lowest BCUT2D eigenvalue weighted by Gasteiger charge is -2.08. The standard InChI is InChI=1S/C18H21N3O3S/c1-5-8-20-15-11(4)12(6-7-14(15)25-18(20)24)16(22)13-9-19-21(10(2)3)17(13)23/h6-7,9-10,19H,5,8H2,1-4H3. The highest BCUT2D eigenvalue weighted by atomic mass is 32.1. The highest BCUT2D eigenvalue weighted by Crippen LogP contribution is 2.25. The zero-order valence-electron chi connectivity index (χ0n) is 14.8. The molecule has 132 valence electrons. The molecule has 0 fully saturated rings. The number of H-pyrrole nitrogens is 1. The Morgan fingerprint density at radius 1 is 1.24 bits per heavy atom. The van der Waals surface area contributed by atoms with E-state index in [1.54, 1.807) is 16.7 Å². The van der Waals surface area contributed by atoms with Crippen LogP contribution in [-0.4, -0.2) is 20.1 Å². The Labute approximate surface area is 148 Å². The van der Waals surface area contributed by atoms with Crippen molar-refractivity contribution in [1.29, 1.82) is 0 Å². The van der Waals surface area contributed by atoms with Crippen molar-refractivity contribution in [3.8, 4) is 0 Å². The molecule has 3 aromatic rings. The first kappa shape index (κ1) is 17.4. The lowest BCUT2D eigenvalue weighted by atomic mass is 10.00. The van der Waals surface area contributed by atoms with Gasteiger partial charge in [-0.25, -0.2) is 0 Å². The van der Waals surface area contributed by atoms with Crippen LogP contribution in [0.4, 0.5) is 0 Å². The van der Waals surface area contributed by atoms with E-state index < -0.39 is 0 Å². The molecule has 0 saturated heterocycles. The summed E-state index contributed by atoms with van der Waals surface area (Å²) in [6, 6.07) is 3.45. The monoisotopic (exact) mass is 359 g/mol. The number of nitrogens with one attached hydrogen (secondary N) is 1. The first-order valence-electron chi connectivity index (χ1n) is 8.34. The minimum atomic E-state index is -0.323. The summed E-state index contributed by atoms with van der Waals surface area (Å²) in [4.78, 5) is 37.5. The predicted octanol–water partition coefficient (Wildman–Crippen LogP) is 3.08. The molecular formula is C18H21N3O3S. The molecule has 0 aliphatic heterocycles. The van der Waals surface area contributed by atoms with Crippen molar-refractivity contribution in [3.05, 3.63) is 55.0 Å². The number of nitrogens with zero attached hydrogens (tertiary/aromatic N) is 2. The van der Waals surface area contributed by atoms with Gasteiger partial charge in [-0.05, 0) is 44.9 Å². The molecule has 0 saturated carbocycles. The Morgan fingerprint density at radius 3 is 2.56 bits per heavy atom. The van der Waals surface area contributed by atoms with E-state index >= 15 is 0 Å². The lowest BCUT2D eigenvalue weighted by molar-refractivity contribution is 0.103. The molecule has 0 radical (unpaired) electrons. The van der Waals surface area contributed by atoms with Crippen LogP contribution >= 0.6 is 11.3 Å². The van der Waals surface area contributed by atoms with Crippen LogP contribution in [0.2, 0.25) is 0 Å². The number of rotatable bonds is 5. The van der Waals surface area contributed by atoms with E-state index in [1.807, 2.05) is 27.7 Å². The second kappa shape index (κ2) is 6.48. The number of thiazole rings is 1. The Hall–Kier alpha value is -2.41. The third-order valence-electron chi connectivity index (χ3n) is 4.33. The minimum absolute atomic E-state index is 0.0200. The van der Waals surface area contributed by atoms with E-state index in [0.717, 1.165) is 22.2 Å². The van der Waals surface area contributed by atoms with Gasteiger partial charge in [-0.2, -0.15) is 0 Å². The maximum absolute atomic E-state index is 12.9. The first-order chi connectivity index (χ1) is 11.9. The van der Waals surface area contributed by atoms with Gasteiger partial charge in [0, 0.05) is 24.3 Å². The molecule has 6 nitrogen and oxygen atoms in total. The Balaban J connectivity index is 2.18. The van der Waals surface area contributed by atoms with Crippen LogP contribution in [0.25, 0.3) is 10.2 Å². The molecular weight excluding hydrogens is 338 g/mol. The third-order valence-corrected chi connectivity index (χ3v) is 5.28. The molecule has 0 atom stereocenters. The van der Waals surface area contributed by atoms with Gasteiger partial charge in [0.05, 0.1) is 10.2 Å². The smallest absolute Gasteiger partial charge is 0.302 e. The highest BCUT2D eigenvalue weighted by Gasteiger charge is 2.21. The molecule has 0 aliphatic carbocycles. The number of carbonyl (C=O) groups excluding carboxylic acids is 1. The van der Waals surface area contributed by atoms with Crippen LogP contribution in [0, 0.1) is 6.92 Å². The van der Waals surface area contributed by atoms with Crippen LogP contribution in [-0.2, 0) is 6.54 Å². The summed E-state index contributed by atoms with van der Waals surface area (Å²) in [6.45, 7) is 8.20. The number of carbonyl (C=O) groups is 1. The second-order valence-corrected chi connectivity index (χ2v) is 7.38. The fourth-order valence-electron chi connectivity index (χ4n) is 3.08. The van der Waals surface area contributed by atoms with Crippen LogP contribution in [0.5, 0.6) is 0 Å². The van der Waals surface area contributed by atoms with E-state index in [9.17, 15) is 14.4 Å². The quantitative estimate of drug-likeness (QED) is 0.711. The Kier molecular flexibility index (Phi) is 4.51. The van der Waals surface area contributed by atoms with Gasteiger partial charge in [0.15, 0.2) is 0 Å². The zero-order valence-corrected chi connectivity index (χ0v) is 15.6. The van der Waals surface area contributed by atoms with Crippen LogP contribution in [0.3, 0.4) is 0 Å². The van der Waals surface area contributed by atoms with Crippen LogP contribution < -0.4 is 10.4 Å². The summed E-state index contributed by atoms with van der Waals surface area (Å²) in [5, 5.41) is 2.85. The second-order valence-electron chi connectivity index (χ2n) is 6.39. The maximum Gasteiger partial charge on any atom is 0.308 e. The SMILES string of the molecule is CCCn1c(=O)sc2ccc(C(=O)c3c[nH]n(C(C)C)c3=O)c(C)c21. The molecule has 0 aliphatic rings. The lowest BCUT2D eigenvalue weighted by Crippen LogP contribution is -2.23. The van der Waals surface area contributed by atoms with Crippen LogP contribution in [0.1, 0.15) is 54.7 Å². The summed E-state index contributed by atoms with van der Waals surface area (Å²) in [5.41, 5.74) is 1.79. The van der Waals surface area contributed by atoms with Gasteiger partial charge in [-0.3, -0.25) is 23.6 Å². The van der Waals surface area contributed by atoms with E-state index in [1.165, 1.54) is 22.2 Å². The van der Waals surface area contributed by atoms with Gasteiger partial charge in [0.2, 0.25) is 5.78 Å². The third kappa shape index (κ3) is 2.78. The van der Waals surface area contributed by atoms with Gasteiger partial charge >= 0.3 is 4.87 Å². The number of aromatic amines is 1. The number of aryl methyl sites for hydroxylation is 2. The molecule has 2 aromatic heterocycles. The molecule has 0 amide bonds. The van der Waals surface area contributed by atoms with Crippen molar-refractivity contribution in [3.63, 3.8) is 0 Å². The topological polar surface area (TPSA) is 76.9 Å². The molecule has 0 bridgehead atoms. The Bertz CT molecular complexity index is 1070. The largest absolute Gasteiger partial charge is 0.308 e. The van der Waals surface area contributed by atoms with Crippen molar-refractivity contribution < 1.29 is 4.79 Å². The molecule has 1 N–H and O–H groups in total. The number of aromatic nitrogens is 3.